The second kappa shape index (κ2) is 7.67. The molecule has 2 aliphatic heterocycles. The highest BCUT2D eigenvalue weighted by Gasteiger charge is 2.28. The molecule has 1 unspecified atom stereocenters. The predicted octanol–water partition coefficient (Wildman–Crippen LogP) is 0.531. The molecular formula is C16H23N3O3. The molecule has 1 amide bonds. The second-order valence-electron chi connectivity index (χ2n) is 5.74. The molecule has 120 valence electrons. The van der Waals surface area contributed by atoms with Crippen molar-refractivity contribution in [3.63, 3.8) is 0 Å². The fourth-order valence-electron chi connectivity index (χ4n) is 2.93. The van der Waals surface area contributed by atoms with Gasteiger partial charge in [-0.2, -0.15) is 0 Å². The van der Waals surface area contributed by atoms with Gasteiger partial charge < -0.3 is 14.4 Å². The Morgan fingerprint density at radius 2 is 2.05 bits per heavy atom. The van der Waals surface area contributed by atoms with Gasteiger partial charge in [0.05, 0.1) is 19.8 Å². The van der Waals surface area contributed by atoms with Crippen molar-refractivity contribution < 1.29 is 14.3 Å². The number of pyridine rings is 1. The van der Waals surface area contributed by atoms with Gasteiger partial charge in [0.15, 0.2) is 6.10 Å². The smallest absolute Gasteiger partial charge is 0.254 e. The fraction of sp³-hybridized carbons (Fsp3) is 0.625. The van der Waals surface area contributed by atoms with Crippen LogP contribution in [-0.4, -0.2) is 72.8 Å². The van der Waals surface area contributed by atoms with Crippen LogP contribution >= 0.6 is 0 Å². The topological polar surface area (TPSA) is 54.9 Å². The highest BCUT2D eigenvalue weighted by atomic mass is 16.6. The summed E-state index contributed by atoms with van der Waals surface area (Å²) in [6.07, 6.45) is 4.22. The summed E-state index contributed by atoms with van der Waals surface area (Å²) in [7, 11) is 0. The van der Waals surface area contributed by atoms with E-state index in [1.807, 2.05) is 29.4 Å². The molecule has 6 heteroatoms. The molecule has 0 spiro atoms. The van der Waals surface area contributed by atoms with Crippen molar-refractivity contribution >= 4 is 5.91 Å². The number of hydrogen-bond acceptors (Lipinski definition) is 5. The number of rotatable bonds is 3. The van der Waals surface area contributed by atoms with Crippen molar-refractivity contribution in [1.29, 1.82) is 0 Å². The monoisotopic (exact) mass is 305 g/mol. The van der Waals surface area contributed by atoms with E-state index in [0.29, 0.717) is 19.8 Å². The Bertz CT molecular complexity index is 477. The predicted molar refractivity (Wildman–Crippen MR) is 81.3 cm³/mol. The normalized spacial score (nSPS) is 24.0. The SMILES string of the molecule is O=C(C1COCCO1)N1CCCN(Cc2ccncc2)CC1. The van der Waals surface area contributed by atoms with Crippen molar-refractivity contribution in [3.8, 4) is 0 Å². The van der Waals surface area contributed by atoms with Crippen LogP contribution in [0.25, 0.3) is 0 Å². The van der Waals surface area contributed by atoms with Gasteiger partial charge in [0.25, 0.3) is 5.91 Å². The van der Waals surface area contributed by atoms with Crippen LogP contribution in [0, 0.1) is 0 Å². The van der Waals surface area contributed by atoms with Gasteiger partial charge in [-0.05, 0) is 24.1 Å². The van der Waals surface area contributed by atoms with Gasteiger partial charge in [0.2, 0.25) is 0 Å². The summed E-state index contributed by atoms with van der Waals surface area (Å²) in [5.41, 5.74) is 1.26. The molecule has 0 radical (unpaired) electrons. The minimum Gasteiger partial charge on any atom is -0.376 e. The zero-order valence-corrected chi connectivity index (χ0v) is 12.8. The molecule has 2 fully saturated rings. The third-order valence-electron chi connectivity index (χ3n) is 4.15. The molecule has 3 rings (SSSR count). The molecular weight excluding hydrogens is 282 g/mol. The van der Waals surface area contributed by atoms with Crippen molar-refractivity contribution in [3.05, 3.63) is 30.1 Å². The molecule has 0 saturated carbocycles. The van der Waals surface area contributed by atoms with Crippen molar-refractivity contribution in [2.45, 2.75) is 19.1 Å². The van der Waals surface area contributed by atoms with Gasteiger partial charge in [0.1, 0.15) is 0 Å². The molecule has 0 bridgehead atoms. The number of ether oxygens (including phenoxy) is 2. The Kier molecular flexibility index (Phi) is 5.37. The maximum atomic E-state index is 12.5. The summed E-state index contributed by atoms with van der Waals surface area (Å²) in [5.74, 6) is 0.0745. The molecule has 2 aliphatic rings. The largest absolute Gasteiger partial charge is 0.376 e. The fourth-order valence-corrected chi connectivity index (χ4v) is 2.93. The lowest BCUT2D eigenvalue weighted by Gasteiger charge is -2.28. The Morgan fingerprint density at radius 1 is 1.18 bits per heavy atom. The Hall–Kier alpha value is -1.50. The van der Waals surface area contributed by atoms with Crippen LogP contribution in [-0.2, 0) is 20.8 Å². The van der Waals surface area contributed by atoms with Crippen molar-refractivity contribution in [2.75, 3.05) is 46.0 Å². The number of aromatic nitrogens is 1. The van der Waals surface area contributed by atoms with E-state index in [-0.39, 0.29) is 5.91 Å². The summed E-state index contributed by atoms with van der Waals surface area (Å²) in [4.78, 5) is 20.8. The first-order valence-corrected chi connectivity index (χ1v) is 7.92. The first-order chi connectivity index (χ1) is 10.8. The number of carbonyl (C=O) groups excluding carboxylic acids is 1. The summed E-state index contributed by atoms with van der Waals surface area (Å²) in [6, 6.07) is 4.09. The van der Waals surface area contributed by atoms with Gasteiger partial charge in [-0.3, -0.25) is 14.7 Å². The maximum absolute atomic E-state index is 12.5. The van der Waals surface area contributed by atoms with E-state index in [0.717, 1.165) is 39.1 Å². The van der Waals surface area contributed by atoms with Gasteiger partial charge in [0, 0.05) is 45.1 Å². The van der Waals surface area contributed by atoms with E-state index in [1.54, 1.807) is 0 Å². The van der Waals surface area contributed by atoms with Crippen LogP contribution in [0.5, 0.6) is 0 Å². The van der Waals surface area contributed by atoms with Crippen molar-refractivity contribution in [2.24, 2.45) is 0 Å². The number of amides is 1. The molecule has 0 aromatic carbocycles. The van der Waals surface area contributed by atoms with Gasteiger partial charge in [-0.15, -0.1) is 0 Å². The van der Waals surface area contributed by atoms with E-state index in [1.165, 1.54) is 5.56 Å². The van der Waals surface area contributed by atoms with E-state index in [9.17, 15) is 4.79 Å². The summed E-state index contributed by atoms with van der Waals surface area (Å²) in [6.45, 7) is 5.84. The van der Waals surface area contributed by atoms with E-state index < -0.39 is 6.10 Å². The summed E-state index contributed by atoms with van der Waals surface area (Å²) < 4.78 is 10.9. The van der Waals surface area contributed by atoms with E-state index in [4.69, 9.17) is 9.47 Å². The zero-order valence-electron chi connectivity index (χ0n) is 12.8. The molecule has 0 N–H and O–H groups in total. The van der Waals surface area contributed by atoms with E-state index >= 15 is 0 Å². The van der Waals surface area contributed by atoms with Crippen LogP contribution in [0.4, 0.5) is 0 Å². The third-order valence-corrected chi connectivity index (χ3v) is 4.15. The highest BCUT2D eigenvalue weighted by molar-refractivity contribution is 5.81. The van der Waals surface area contributed by atoms with Crippen LogP contribution in [0.3, 0.4) is 0 Å². The molecule has 1 atom stereocenters. The first-order valence-electron chi connectivity index (χ1n) is 7.92. The zero-order chi connectivity index (χ0) is 15.2. The molecule has 1 aromatic heterocycles. The lowest BCUT2D eigenvalue weighted by atomic mass is 10.2. The number of hydrogen-bond donors (Lipinski definition) is 0. The quantitative estimate of drug-likeness (QED) is 0.815. The third kappa shape index (κ3) is 4.03. The van der Waals surface area contributed by atoms with Gasteiger partial charge >= 0.3 is 0 Å². The lowest BCUT2D eigenvalue weighted by Crippen LogP contribution is -2.46. The highest BCUT2D eigenvalue weighted by Crippen LogP contribution is 2.11. The standard InChI is InChI=1S/C16H23N3O3/c20-16(15-13-21-10-11-22-15)19-7-1-6-18(8-9-19)12-14-2-4-17-5-3-14/h2-5,15H,1,6-13H2. The second-order valence-corrected chi connectivity index (χ2v) is 5.74. The number of nitrogens with zero attached hydrogens (tertiary/aromatic N) is 3. The Morgan fingerprint density at radius 3 is 2.82 bits per heavy atom. The molecule has 22 heavy (non-hydrogen) atoms. The van der Waals surface area contributed by atoms with Gasteiger partial charge in [-0.1, -0.05) is 0 Å². The average Bonchev–Trinajstić information content (AvgIpc) is 2.82. The molecule has 3 heterocycles. The van der Waals surface area contributed by atoms with Crippen LogP contribution < -0.4 is 0 Å². The first kappa shape index (κ1) is 15.4. The molecule has 2 saturated heterocycles. The maximum Gasteiger partial charge on any atom is 0.254 e. The van der Waals surface area contributed by atoms with Crippen molar-refractivity contribution in [1.82, 2.24) is 14.8 Å². The minimum atomic E-state index is -0.416. The van der Waals surface area contributed by atoms with Crippen LogP contribution in [0.15, 0.2) is 24.5 Å². The summed E-state index contributed by atoms with van der Waals surface area (Å²) in [5, 5.41) is 0. The van der Waals surface area contributed by atoms with E-state index in [2.05, 4.69) is 9.88 Å². The lowest BCUT2D eigenvalue weighted by molar-refractivity contribution is -0.157. The minimum absolute atomic E-state index is 0.0745. The molecule has 1 aromatic rings. The van der Waals surface area contributed by atoms with Gasteiger partial charge in [-0.25, -0.2) is 0 Å². The number of carbonyl (C=O) groups is 1. The molecule has 0 aliphatic carbocycles. The molecule has 6 nitrogen and oxygen atoms in total. The van der Waals surface area contributed by atoms with Crippen LogP contribution in [0.2, 0.25) is 0 Å². The Balaban J connectivity index is 1.52. The summed E-state index contributed by atoms with van der Waals surface area (Å²) >= 11 is 0. The van der Waals surface area contributed by atoms with Crippen LogP contribution in [0.1, 0.15) is 12.0 Å². The average molecular weight is 305 g/mol. The Labute approximate surface area is 131 Å².